The van der Waals surface area contributed by atoms with Crippen LogP contribution in [0.15, 0.2) is 84.9 Å². The van der Waals surface area contributed by atoms with E-state index in [0.29, 0.717) is 16.7 Å². The van der Waals surface area contributed by atoms with Crippen molar-refractivity contribution < 1.29 is 14.4 Å². The van der Waals surface area contributed by atoms with Crippen LogP contribution in [-0.2, 0) is 0 Å². The van der Waals surface area contributed by atoms with Crippen molar-refractivity contribution in [2.24, 2.45) is 0 Å². The molecule has 0 aliphatic heterocycles. The molecule has 0 aliphatic rings. The van der Waals surface area contributed by atoms with Crippen LogP contribution in [0, 0.1) is 0 Å². The Balaban J connectivity index is 1.96. The number of benzene rings is 4. The van der Waals surface area contributed by atoms with Crippen LogP contribution in [0.5, 0.6) is 0 Å². The summed E-state index contributed by atoms with van der Waals surface area (Å²) in [6.07, 6.45) is 0. The van der Waals surface area contributed by atoms with Gasteiger partial charge in [0.2, 0.25) is 0 Å². The molecule has 0 atom stereocenters. The van der Waals surface area contributed by atoms with E-state index in [2.05, 4.69) is 4.90 Å². The second-order valence-corrected chi connectivity index (χ2v) is 7.78. The minimum absolute atomic E-state index is 0.00479. The van der Waals surface area contributed by atoms with E-state index in [-0.39, 0.29) is 17.3 Å². The summed E-state index contributed by atoms with van der Waals surface area (Å²) in [6, 6.07) is 26.5. The lowest BCUT2D eigenvalue weighted by atomic mass is 9.99. The van der Waals surface area contributed by atoms with Crippen molar-refractivity contribution >= 4 is 45.2 Å². The Hall–Kier alpha value is -4.05. The van der Waals surface area contributed by atoms with Gasteiger partial charge in [0, 0.05) is 33.5 Å². The minimum Gasteiger partial charge on any atom is -0.310 e. The predicted octanol–water partition coefficient (Wildman–Crippen LogP) is 6.92. The van der Waals surface area contributed by atoms with Crippen molar-refractivity contribution in [1.82, 2.24) is 0 Å². The van der Waals surface area contributed by atoms with Gasteiger partial charge >= 0.3 is 0 Å². The van der Waals surface area contributed by atoms with Gasteiger partial charge in [0.15, 0.2) is 17.3 Å². The van der Waals surface area contributed by atoms with Gasteiger partial charge in [-0.25, -0.2) is 0 Å². The van der Waals surface area contributed by atoms with E-state index in [0.717, 1.165) is 27.8 Å². The fraction of sp³-hybridized carbons (Fsp3) is 0.107. The van der Waals surface area contributed by atoms with Crippen LogP contribution in [-0.4, -0.2) is 17.3 Å². The number of nitrogens with zero attached hydrogens (tertiary/aromatic N) is 1. The van der Waals surface area contributed by atoms with E-state index in [9.17, 15) is 14.4 Å². The molecule has 0 fully saturated rings. The molecular formula is C28H23NO3. The first-order chi connectivity index (χ1) is 15.4. The third-order valence-electron chi connectivity index (χ3n) is 5.59. The van der Waals surface area contributed by atoms with Crippen molar-refractivity contribution in [3.05, 3.63) is 102 Å². The summed E-state index contributed by atoms with van der Waals surface area (Å²) in [7, 11) is 0. The van der Waals surface area contributed by atoms with Crippen LogP contribution in [0.25, 0.3) is 10.8 Å². The summed E-state index contributed by atoms with van der Waals surface area (Å²) >= 11 is 0. The highest BCUT2D eigenvalue weighted by atomic mass is 16.1. The number of Topliss-reactive ketones (excluding diaryl/α,β-unsaturated/α-hetero) is 3. The lowest BCUT2D eigenvalue weighted by Gasteiger charge is -2.27. The van der Waals surface area contributed by atoms with Crippen LogP contribution in [0.1, 0.15) is 51.8 Å². The molecule has 0 saturated heterocycles. The molecule has 32 heavy (non-hydrogen) atoms. The number of carbonyl (C=O) groups excluding carboxylic acids is 3. The standard InChI is InChI=1S/C28H23NO3/c1-18(30)21-8-12-23(13-9-21)29(24-14-10-22(11-15-24)19(2)31)28-17-16-25(20(3)32)26-6-4-5-7-27(26)28/h4-17H,1-3H3. The van der Waals surface area contributed by atoms with Gasteiger partial charge in [0.25, 0.3) is 0 Å². The highest BCUT2D eigenvalue weighted by Gasteiger charge is 2.18. The number of hydrogen-bond donors (Lipinski definition) is 0. The van der Waals surface area contributed by atoms with E-state index in [1.54, 1.807) is 45.0 Å². The summed E-state index contributed by atoms with van der Waals surface area (Å²) in [5, 5.41) is 1.81. The summed E-state index contributed by atoms with van der Waals surface area (Å²) in [5.74, 6) is 0.0197. The number of anilines is 3. The van der Waals surface area contributed by atoms with Gasteiger partial charge in [-0.1, -0.05) is 24.3 Å². The minimum atomic E-state index is 0.00479. The Morgan fingerprint density at radius 2 is 1.00 bits per heavy atom. The largest absolute Gasteiger partial charge is 0.310 e. The molecule has 4 aromatic rings. The Morgan fingerprint density at radius 1 is 0.531 bits per heavy atom. The zero-order chi connectivity index (χ0) is 22.8. The normalized spacial score (nSPS) is 10.7. The molecule has 0 spiro atoms. The van der Waals surface area contributed by atoms with E-state index < -0.39 is 0 Å². The van der Waals surface area contributed by atoms with Gasteiger partial charge < -0.3 is 4.90 Å². The molecular weight excluding hydrogens is 398 g/mol. The maximum absolute atomic E-state index is 12.2. The molecule has 4 aromatic carbocycles. The Morgan fingerprint density at radius 3 is 1.44 bits per heavy atom. The number of ketones is 3. The van der Waals surface area contributed by atoms with E-state index in [1.165, 1.54) is 0 Å². The van der Waals surface area contributed by atoms with Gasteiger partial charge in [-0.05, 0) is 86.8 Å². The van der Waals surface area contributed by atoms with Gasteiger partial charge in [-0.2, -0.15) is 0 Å². The SMILES string of the molecule is CC(=O)c1ccc(N(c2ccc(C(C)=O)cc2)c2ccc(C(C)=O)c3ccccc23)cc1. The molecule has 4 heteroatoms. The monoisotopic (exact) mass is 421 g/mol. The molecule has 4 rings (SSSR count). The van der Waals surface area contributed by atoms with Crippen molar-refractivity contribution in [2.45, 2.75) is 20.8 Å². The second-order valence-electron chi connectivity index (χ2n) is 7.78. The fourth-order valence-electron chi connectivity index (χ4n) is 3.90. The molecule has 0 saturated carbocycles. The molecule has 158 valence electrons. The third-order valence-corrected chi connectivity index (χ3v) is 5.59. The van der Waals surface area contributed by atoms with Gasteiger partial charge in [-0.15, -0.1) is 0 Å². The molecule has 0 aliphatic carbocycles. The Labute approximate surface area is 187 Å². The van der Waals surface area contributed by atoms with E-state index >= 15 is 0 Å². The summed E-state index contributed by atoms with van der Waals surface area (Å²) < 4.78 is 0. The molecule has 0 amide bonds. The molecule has 0 heterocycles. The molecule has 0 aromatic heterocycles. The van der Waals surface area contributed by atoms with Crippen molar-refractivity contribution in [2.75, 3.05) is 4.90 Å². The average molecular weight is 421 g/mol. The quantitative estimate of drug-likeness (QED) is 0.317. The first kappa shape index (κ1) is 21.2. The number of fused-ring (bicyclic) bond motifs is 1. The van der Waals surface area contributed by atoms with Gasteiger partial charge in [0.05, 0.1) is 5.69 Å². The smallest absolute Gasteiger partial charge is 0.160 e. The summed E-state index contributed by atoms with van der Waals surface area (Å²) in [5.41, 5.74) is 4.58. The van der Waals surface area contributed by atoms with Crippen LogP contribution < -0.4 is 4.90 Å². The summed E-state index contributed by atoms with van der Waals surface area (Å²) in [6.45, 7) is 4.66. The van der Waals surface area contributed by atoms with Crippen LogP contribution >= 0.6 is 0 Å². The summed E-state index contributed by atoms with van der Waals surface area (Å²) in [4.78, 5) is 37.8. The third kappa shape index (κ3) is 3.95. The van der Waals surface area contributed by atoms with Crippen molar-refractivity contribution in [3.63, 3.8) is 0 Å². The van der Waals surface area contributed by atoms with Gasteiger partial charge in [0.1, 0.15) is 0 Å². The molecule has 0 radical (unpaired) electrons. The van der Waals surface area contributed by atoms with Gasteiger partial charge in [-0.3, -0.25) is 14.4 Å². The highest BCUT2D eigenvalue weighted by Crippen LogP contribution is 2.40. The maximum Gasteiger partial charge on any atom is 0.160 e. The number of carbonyl (C=O) groups is 3. The van der Waals surface area contributed by atoms with E-state index in [4.69, 9.17) is 0 Å². The van der Waals surface area contributed by atoms with Crippen molar-refractivity contribution in [1.29, 1.82) is 0 Å². The molecule has 0 bridgehead atoms. The average Bonchev–Trinajstić information content (AvgIpc) is 2.80. The number of hydrogen-bond acceptors (Lipinski definition) is 4. The Kier molecular flexibility index (Phi) is 5.69. The van der Waals surface area contributed by atoms with Crippen molar-refractivity contribution in [3.8, 4) is 0 Å². The van der Waals surface area contributed by atoms with E-state index in [1.807, 2.05) is 60.7 Å². The van der Waals surface area contributed by atoms with Crippen LogP contribution in [0.3, 0.4) is 0 Å². The Bertz CT molecular complexity index is 1280. The first-order valence-corrected chi connectivity index (χ1v) is 10.4. The zero-order valence-corrected chi connectivity index (χ0v) is 18.3. The van der Waals surface area contributed by atoms with Crippen LogP contribution in [0.4, 0.5) is 17.1 Å². The fourth-order valence-corrected chi connectivity index (χ4v) is 3.90. The topological polar surface area (TPSA) is 54.5 Å². The first-order valence-electron chi connectivity index (χ1n) is 10.4. The lowest BCUT2D eigenvalue weighted by Crippen LogP contribution is -2.11. The predicted molar refractivity (Wildman–Crippen MR) is 129 cm³/mol. The molecule has 0 unspecified atom stereocenters. The highest BCUT2D eigenvalue weighted by molar-refractivity contribution is 6.11. The second kappa shape index (κ2) is 8.60. The van der Waals surface area contributed by atoms with Crippen LogP contribution in [0.2, 0.25) is 0 Å². The lowest BCUT2D eigenvalue weighted by molar-refractivity contribution is 0.100. The number of rotatable bonds is 6. The zero-order valence-electron chi connectivity index (χ0n) is 18.3. The molecule has 4 nitrogen and oxygen atoms in total. The maximum atomic E-state index is 12.2. The molecule has 0 N–H and O–H groups in total.